The molecule has 3 aromatic rings. The van der Waals surface area contributed by atoms with Gasteiger partial charge in [-0.05, 0) is 24.3 Å². The quantitative estimate of drug-likeness (QED) is 0.745. The first-order valence-corrected chi connectivity index (χ1v) is 7.52. The predicted molar refractivity (Wildman–Crippen MR) is 85.3 cm³/mol. The van der Waals surface area contributed by atoms with E-state index in [4.69, 9.17) is 4.74 Å². The minimum atomic E-state index is 0.109. The van der Waals surface area contributed by atoms with Crippen LogP contribution < -0.4 is 10.2 Å². The highest BCUT2D eigenvalue weighted by Crippen LogP contribution is 2.27. The van der Waals surface area contributed by atoms with Crippen LogP contribution in [0.5, 0.6) is 5.88 Å². The monoisotopic (exact) mass is 292 g/mol. The molecule has 0 saturated heterocycles. The maximum Gasteiger partial charge on any atom is 0.201 e. The van der Waals surface area contributed by atoms with Crippen LogP contribution in [0.3, 0.4) is 0 Å². The summed E-state index contributed by atoms with van der Waals surface area (Å²) in [5, 5.41) is 0.771. The number of aromatic nitrogens is 2. The molecule has 0 bridgehead atoms. The minimum absolute atomic E-state index is 0.109. The van der Waals surface area contributed by atoms with E-state index in [-0.39, 0.29) is 5.43 Å². The van der Waals surface area contributed by atoms with Crippen molar-refractivity contribution in [1.82, 2.24) is 9.55 Å². The van der Waals surface area contributed by atoms with Crippen LogP contribution in [0.25, 0.3) is 10.9 Å². The summed E-state index contributed by atoms with van der Waals surface area (Å²) in [5.74, 6) is 0.736. The molecule has 0 aliphatic carbocycles. The van der Waals surface area contributed by atoms with Gasteiger partial charge in [0.25, 0.3) is 0 Å². The zero-order valence-corrected chi connectivity index (χ0v) is 12.2. The highest BCUT2D eigenvalue weighted by atomic mass is 16.5. The first-order chi connectivity index (χ1) is 10.8. The van der Waals surface area contributed by atoms with Gasteiger partial charge in [0.1, 0.15) is 0 Å². The number of nitrogens with zero attached hydrogens (tertiary/aromatic N) is 2. The van der Waals surface area contributed by atoms with Gasteiger partial charge >= 0.3 is 0 Å². The van der Waals surface area contributed by atoms with Crippen LogP contribution in [0.2, 0.25) is 0 Å². The molecule has 0 atom stereocenters. The average Bonchev–Trinajstić information content (AvgIpc) is 3.06. The lowest BCUT2D eigenvalue weighted by atomic mass is 10.1. The number of benzene rings is 1. The van der Waals surface area contributed by atoms with Crippen molar-refractivity contribution < 1.29 is 4.74 Å². The zero-order chi connectivity index (χ0) is 14.9. The third kappa shape index (κ3) is 2.08. The Kier molecular flexibility index (Phi) is 3.15. The molecule has 1 aromatic carbocycles. The SMILES string of the molecule is O=c1c2c(n(CCc3ccccn3)c3ccccc13)OCC2. The zero-order valence-electron chi connectivity index (χ0n) is 12.2. The summed E-state index contributed by atoms with van der Waals surface area (Å²) in [6, 6.07) is 13.7. The van der Waals surface area contributed by atoms with Crippen LogP contribution in [-0.2, 0) is 19.4 Å². The van der Waals surface area contributed by atoms with Crippen LogP contribution in [0.1, 0.15) is 11.3 Å². The summed E-state index contributed by atoms with van der Waals surface area (Å²) in [6.45, 7) is 1.34. The molecular formula is C18H16N2O2. The number of para-hydroxylation sites is 1. The van der Waals surface area contributed by atoms with Crippen LogP contribution in [0.15, 0.2) is 53.5 Å². The largest absolute Gasteiger partial charge is 0.478 e. The molecule has 3 heterocycles. The topological polar surface area (TPSA) is 44.1 Å². The Morgan fingerprint density at radius 2 is 2.00 bits per heavy atom. The third-order valence-corrected chi connectivity index (χ3v) is 4.13. The molecule has 0 saturated carbocycles. The van der Waals surface area contributed by atoms with Crippen LogP contribution in [0, 0.1) is 0 Å². The number of pyridine rings is 2. The van der Waals surface area contributed by atoms with E-state index < -0.39 is 0 Å². The standard InChI is InChI=1S/C18H16N2O2/c21-17-14-6-1-2-7-16(14)20(18-15(17)9-12-22-18)11-8-13-5-3-4-10-19-13/h1-7,10H,8-9,11-12H2. The minimum Gasteiger partial charge on any atom is -0.478 e. The molecule has 4 rings (SSSR count). The molecule has 0 fully saturated rings. The molecule has 0 radical (unpaired) electrons. The van der Waals surface area contributed by atoms with Crippen molar-refractivity contribution in [3.63, 3.8) is 0 Å². The van der Waals surface area contributed by atoms with Gasteiger partial charge in [-0.25, -0.2) is 0 Å². The summed E-state index contributed by atoms with van der Waals surface area (Å²) >= 11 is 0. The Hall–Kier alpha value is -2.62. The smallest absolute Gasteiger partial charge is 0.201 e. The normalized spacial score (nSPS) is 13.1. The Balaban J connectivity index is 1.83. The van der Waals surface area contributed by atoms with Gasteiger partial charge < -0.3 is 9.30 Å². The number of fused-ring (bicyclic) bond motifs is 2. The molecule has 4 heteroatoms. The number of rotatable bonds is 3. The molecule has 0 amide bonds. The van der Waals surface area contributed by atoms with E-state index in [1.54, 1.807) is 6.20 Å². The van der Waals surface area contributed by atoms with Crippen molar-refractivity contribution in [2.45, 2.75) is 19.4 Å². The molecule has 22 heavy (non-hydrogen) atoms. The van der Waals surface area contributed by atoms with Crippen molar-refractivity contribution in [2.75, 3.05) is 6.61 Å². The lowest BCUT2D eigenvalue weighted by Gasteiger charge is -2.15. The Morgan fingerprint density at radius 1 is 1.14 bits per heavy atom. The summed E-state index contributed by atoms with van der Waals surface area (Å²) in [5.41, 5.74) is 2.89. The Labute approximate surface area is 128 Å². The van der Waals surface area contributed by atoms with Gasteiger partial charge in [-0.3, -0.25) is 9.78 Å². The van der Waals surface area contributed by atoms with Gasteiger partial charge in [-0.15, -0.1) is 0 Å². The van der Waals surface area contributed by atoms with Crippen molar-refractivity contribution >= 4 is 10.9 Å². The fourth-order valence-corrected chi connectivity index (χ4v) is 3.06. The fraction of sp³-hybridized carbons (Fsp3) is 0.222. The van der Waals surface area contributed by atoms with Crippen molar-refractivity contribution in [3.05, 3.63) is 70.1 Å². The van der Waals surface area contributed by atoms with Gasteiger partial charge in [-0.1, -0.05) is 18.2 Å². The van der Waals surface area contributed by atoms with E-state index in [0.29, 0.717) is 13.0 Å². The van der Waals surface area contributed by atoms with Crippen molar-refractivity contribution in [2.24, 2.45) is 0 Å². The van der Waals surface area contributed by atoms with Gasteiger partial charge in [0, 0.05) is 36.7 Å². The van der Waals surface area contributed by atoms with E-state index >= 15 is 0 Å². The maximum absolute atomic E-state index is 12.5. The summed E-state index contributed by atoms with van der Waals surface area (Å²) in [4.78, 5) is 16.9. The average molecular weight is 292 g/mol. The lowest BCUT2D eigenvalue weighted by Crippen LogP contribution is -2.15. The molecule has 0 spiro atoms. The molecular weight excluding hydrogens is 276 g/mol. The number of ether oxygens (including phenoxy) is 1. The molecule has 1 aliphatic rings. The fourth-order valence-electron chi connectivity index (χ4n) is 3.06. The highest BCUT2D eigenvalue weighted by Gasteiger charge is 2.22. The summed E-state index contributed by atoms with van der Waals surface area (Å²) < 4.78 is 7.87. The van der Waals surface area contributed by atoms with Gasteiger partial charge in [0.15, 0.2) is 5.43 Å². The first-order valence-electron chi connectivity index (χ1n) is 7.52. The van der Waals surface area contributed by atoms with E-state index in [1.807, 2.05) is 42.5 Å². The predicted octanol–water partition coefficient (Wildman–Crippen LogP) is 2.57. The van der Waals surface area contributed by atoms with Crippen molar-refractivity contribution in [1.29, 1.82) is 0 Å². The second-order valence-corrected chi connectivity index (χ2v) is 5.45. The van der Waals surface area contributed by atoms with E-state index in [9.17, 15) is 4.79 Å². The highest BCUT2D eigenvalue weighted by molar-refractivity contribution is 5.81. The number of hydrogen-bond donors (Lipinski definition) is 0. The van der Waals surface area contributed by atoms with E-state index in [2.05, 4.69) is 9.55 Å². The van der Waals surface area contributed by atoms with Crippen LogP contribution in [0.4, 0.5) is 0 Å². The molecule has 0 unspecified atom stereocenters. The van der Waals surface area contributed by atoms with Crippen molar-refractivity contribution in [3.8, 4) is 5.88 Å². The second kappa shape index (κ2) is 5.30. The molecule has 0 N–H and O–H groups in total. The lowest BCUT2D eigenvalue weighted by molar-refractivity contribution is 0.327. The van der Waals surface area contributed by atoms with E-state index in [1.165, 1.54) is 0 Å². The van der Waals surface area contributed by atoms with Gasteiger partial charge in [0.05, 0.1) is 17.7 Å². The maximum atomic E-state index is 12.5. The second-order valence-electron chi connectivity index (χ2n) is 5.45. The van der Waals surface area contributed by atoms with E-state index in [0.717, 1.165) is 41.0 Å². The molecule has 1 aliphatic heterocycles. The molecule has 110 valence electrons. The van der Waals surface area contributed by atoms with Gasteiger partial charge in [-0.2, -0.15) is 0 Å². The Bertz CT molecular complexity index is 885. The van der Waals surface area contributed by atoms with Crippen LogP contribution in [-0.4, -0.2) is 16.2 Å². The molecule has 2 aromatic heterocycles. The number of aryl methyl sites for hydroxylation is 2. The first kappa shape index (κ1) is 13.1. The number of hydrogen-bond acceptors (Lipinski definition) is 3. The van der Waals surface area contributed by atoms with Crippen LogP contribution >= 0.6 is 0 Å². The van der Waals surface area contributed by atoms with Gasteiger partial charge in [0.2, 0.25) is 5.88 Å². The Morgan fingerprint density at radius 3 is 2.86 bits per heavy atom. The third-order valence-electron chi connectivity index (χ3n) is 4.13. The summed E-state index contributed by atoms with van der Waals surface area (Å²) in [6.07, 6.45) is 3.31. The molecule has 4 nitrogen and oxygen atoms in total. The summed E-state index contributed by atoms with van der Waals surface area (Å²) in [7, 11) is 0.